The molecule has 8 nitrogen and oxygen atoms in total. The van der Waals surface area contributed by atoms with E-state index in [-0.39, 0.29) is 0 Å². The number of anilines is 1. The maximum Gasteiger partial charge on any atom is 0.162 e. The van der Waals surface area contributed by atoms with Crippen molar-refractivity contribution in [2.24, 2.45) is 0 Å². The van der Waals surface area contributed by atoms with Gasteiger partial charge in [0.25, 0.3) is 0 Å². The van der Waals surface area contributed by atoms with Crippen LogP contribution in [-0.4, -0.2) is 71.6 Å². The van der Waals surface area contributed by atoms with Gasteiger partial charge in [0, 0.05) is 73.7 Å². The van der Waals surface area contributed by atoms with Crippen molar-refractivity contribution in [1.82, 2.24) is 24.6 Å². The number of nitrogens with zero attached hydrogens (tertiary/aromatic N) is 6. The minimum Gasteiger partial charge on any atom is -0.493 e. The van der Waals surface area contributed by atoms with Crippen LogP contribution >= 0.6 is 11.6 Å². The predicted octanol–water partition coefficient (Wildman–Crippen LogP) is 4.22. The molecule has 9 heteroatoms. The number of hydrogen-bond acceptors (Lipinski definition) is 7. The normalized spacial score (nSPS) is 14.4. The molecule has 1 aliphatic rings. The lowest BCUT2D eigenvalue weighted by Crippen LogP contribution is -2.47. The highest BCUT2D eigenvalue weighted by Crippen LogP contribution is 2.34. The highest BCUT2D eigenvalue weighted by Gasteiger charge is 2.21. The van der Waals surface area contributed by atoms with Crippen molar-refractivity contribution in [2.45, 2.75) is 19.9 Å². The summed E-state index contributed by atoms with van der Waals surface area (Å²) in [6.07, 6.45) is 6.00. The minimum absolute atomic E-state index is 0.539. The van der Waals surface area contributed by atoms with E-state index in [9.17, 15) is 0 Å². The summed E-state index contributed by atoms with van der Waals surface area (Å²) < 4.78 is 13.1. The molecule has 1 aliphatic heterocycles. The number of benzene rings is 2. The highest BCUT2D eigenvalue weighted by atomic mass is 35.5. The molecule has 3 heterocycles. The summed E-state index contributed by atoms with van der Waals surface area (Å²) in [6, 6.07) is 10.2. The first kappa shape index (κ1) is 24.3. The first-order valence-corrected chi connectivity index (χ1v) is 12.5. The summed E-state index contributed by atoms with van der Waals surface area (Å²) in [4.78, 5) is 13.6. The van der Waals surface area contributed by atoms with Crippen molar-refractivity contribution in [3.05, 3.63) is 70.9 Å². The zero-order valence-corrected chi connectivity index (χ0v) is 21.7. The number of ether oxygens (including phenoxy) is 2. The molecule has 0 N–H and O–H groups in total. The fourth-order valence-electron chi connectivity index (χ4n) is 4.85. The van der Waals surface area contributed by atoms with E-state index in [4.69, 9.17) is 26.2 Å². The molecule has 1 saturated heterocycles. The zero-order chi connectivity index (χ0) is 25.1. The Labute approximate surface area is 216 Å². The maximum absolute atomic E-state index is 6.35. The van der Waals surface area contributed by atoms with Crippen LogP contribution in [-0.2, 0) is 13.0 Å². The van der Waals surface area contributed by atoms with Gasteiger partial charge in [-0.25, -0.2) is 0 Å². The van der Waals surface area contributed by atoms with E-state index in [0.717, 1.165) is 72.0 Å². The summed E-state index contributed by atoms with van der Waals surface area (Å²) in [6.45, 7) is 7.53. The molecule has 0 atom stereocenters. The van der Waals surface area contributed by atoms with Gasteiger partial charge in [-0.1, -0.05) is 17.7 Å². The molecule has 188 valence electrons. The largest absolute Gasteiger partial charge is 0.493 e. The number of halogens is 1. The van der Waals surface area contributed by atoms with Crippen LogP contribution in [0.4, 0.5) is 5.69 Å². The van der Waals surface area contributed by atoms with Gasteiger partial charge < -0.3 is 14.4 Å². The second-order valence-corrected chi connectivity index (χ2v) is 9.40. The molecule has 0 saturated carbocycles. The Hall–Kier alpha value is -3.36. The van der Waals surface area contributed by atoms with Gasteiger partial charge in [-0.05, 0) is 30.7 Å². The van der Waals surface area contributed by atoms with Gasteiger partial charge in [0.2, 0.25) is 0 Å². The van der Waals surface area contributed by atoms with Gasteiger partial charge >= 0.3 is 0 Å². The van der Waals surface area contributed by atoms with E-state index in [1.807, 2.05) is 28.9 Å². The lowest BCUT2D eigenvalue weighted by molar-refractivity contribution is 0.260. The molecular formula is C27H31ClN6O2. The summed E-state index contributed by atoms with van der Waals surface area (Å²) in [5.41, 5.74) is 5.28. The Kier molecular flexibility index (Phi) is 7.25. The molecule has 1 fully saturated rings. The topological polar surface area (TPSA) is 68.5 Å². The third-order valence-electron chi connectivity index (χ3n) is 6.88. The van der Waals surface area contributed by atoms with Gasteiger partial charge in [-0.2, -0.15) is 5.10 Å². The van der Waals surface area contributed by atoms with E-state index >= 15 is 0 Å². The van der Waals surface area contributed by atoms with Crippen molar-refractivity contribution in [3.63, 3.8) is 0 Å². The summed E-state index contributed by atoms with van der Waals surface area (Å²) >= 11 is 6.35. The Morgan fingerprint density at radius 3 is 2.50 bits per heavy atom. The first-order chi connectivity index (χ1) is 17.6. The van der Waals surface area contributed by atoms with Crippen LogP contribution in [0.2, 0.25) is 5.02 Å². The molecular weight excluding hydrogens is 476 g/mol. The third-order valence-corrected chi connectivity index (χ3v) is 7.29. The van der Waals surface area contributed by atoms with Crippen LogP contribution in [0.1, 0.15) is 17.0 Å². The van der Waals surface area contributed by atoms with E-state index in [1.54, 1.807) is 32.8 Å². The second-order valence-electron chi connectivity index (χ2n) is 8.99. The quantitative estimate of drug-likeness (QED) is 0.354. The highest BCUT2D eigenvalue weighted by molar-refractivity contribution is 6.31. The standard InChI is InChI=1S/C27H31ClN6O2/c1-19-22(28)5-4-6-24(19)33-13-11-32(12-14-33)10-7-23-21-15-26(35-2)27(36-3)16-25(21)34(31-23)18-20-17-29-8-9-30-20/h4-6,8-9,15-17H,7,10-14,18H2,1-3H3. The molecule has 0 radical (unpaired) electrons. The number of methoxy groups -OCH3 is 2. The monoisotopic (exact) mass is 506 g/mol. The fraction of sp³-hybridized carbons (Fsp3) is 0.370. The molecule has 0 bridgehead atoms. The van der Waals surface area contributed by atoms with Gasteiger partial charge in [0.05, 0.1) is 43.9 Å². The lowest BCUT2D eigenvalue weighted by atomic mass is 10.1. The summed E-state index contributed by atoms with van der Waals surface area (Å²) in [5.74, 6) is 1.39. The van der Waals surface area contributed by atoms with Crippen molar-refractivity contribution >= 4 is 28.2 Å². The Morgan fingerprint density at radius 2 is 1.78 bits per heavy atom. The summed E-state index contributed by atoms with van der Waals surface area (Å²) in [7, 11) is 3.31. The van der Waals surface area contributed by atoms with Crippen molar-refractivity contribution in [2.75, 3.05) is 51.8 Å². The third kappa shape index (κ3) is 4.96. The smallest absolute Gasteiger partial charge is 0.162 e. The molecule has 0 spiro atoms. The molecule has 36 heavy (non-hydrogen) atoms. The van der Waals surface area contributed by atoms with Crippen LogP contribution in [0.25, 0.3) is 10.9 Å². The van der Waals surface area contributed by atoms with Gasteiger partial charge in [-0.3, -0.25) is 19.5 Å². The van der Waals surface area contributed by atoms with Crippen molar-refractivity contribution in [1.29, 1.82) is 0 Å². The van der Waals surface area contributed by atoms with Crippen LogP contribution < -0.4 is 14.4 Å². The van der Waals surface area contributed by atoms with Crippen LogP contribution in [0, 0.1) is 6.92 Å². The molecule has 0 amide bonds. The lowest BCUT2D eigenvalue weighted by Gasteiger charge is -2.36. The van der Waals surface area contributed by atoms with Crippen molar-refractivity contribution < 1.29 is 9.47 Å². The van der Waals surface area contributed by atoms with E-state index in [2.05, 4.69) is 32.8 Å². The molecule has 4 aromatic rings. The van der Waals surface area contributed by atoms with E-state index in [1.165, 1.54) is 5.69 Å². The molecule has 5 rings (SSSR count). The number of rotatable bonds is 8. The molecule has 0 unspecified atom stereocenters. The number of fused-ring (bicyclic) bond motifs is 1. The number of aromatic nitrogens is 4. The van der Waals surface area contributed by atoms with E-state index in [0.29, 0.717) is 18.0 Å². The second kappa shape index (κ2) is 10.7. The van der Waals surface area contributed by atoms with Crippen molar-refractivity contribution in [3.8, 4) is 11.5 Å². The predicted molar refractivity (Wildman–Crippen MR) is 143 cm³/mol. The maximum atomic E-state index is 6.35. The zero-order valence-electron chi connectivity index (χ0n) is 20.9. The first-order valence-electron chi connectivity index (χ1n) is 12.2. The van der Waals surface area contributed by atoms with Crippen LogP contribution in [0.3, 0.4) is 0 Å². The Morgan fingerprint density at radius 1 is 1.00 bits per heavy atom. The average molecular weight is 507 g/mol. The average Bonchev–Trinajstić information content (AvgIpc) is 3.25. The SMILES string of the molecule is COc1cc2c(CCN3CCN(c4cccc(Cl)c4C)CC3)nn(Cc3cnccn3)c2cc1OC. The Balaban J connectivity index is 1.33. The number of hydrogen-bond donors (Lipinski definition) is 0. The van der Waals surface area contributed by atoms with Crippen LogP contribution in [0.15, 0.2) is 48.9 Å². The van der Waals surface area contributed by atoms with Gasteiger partial charge in [0.1, 0.15) is 0 Å². The van der Waals surface area contributed by atoms with Crippen LogP contribution in [0.5, 0.6) is 11.5 Å². The van der Waals surface area contributed by atoms with Gasteiger partial charge in [0.15, 0.2) is 11.5 Å². The van der Waals surface area contributed by atoms with E-state index < -0.39 is 0 Å². The van der Waals surface area contributed by atoms with Gasteiger partial charge in [-0.15, -0.1) is 0 Å². The Bertz CT molecular complexity index is 1340. The molecule has 2 aromatic carbocycles. The number of piperazine rings is 1. The summed E-state index contributed by atoms with van der Waals surface area (Å²) in [5, 5.41) is 6.89. The molecule has 2 aromatic heterocycles. The fourth-order valence-corrected chi connectivity index (χ4v) is 5.02. The molecule has 0 aliphatic carbocycles. The minimum atomic E-state index is 0.539.